The molecule has 1 aromatic carbocycles. The number of Topliss-reactive ketones (excluding diaryl/α,β-unsaturated/α-hetero) is 2. The van der Waals surface area contributed by atoms with Crippen molar-refractivity contribution in [2.45, 2.75) is 33.5 Å². The van der Waals surface area contributed by atoms with E-state index in [1.54, 1.807) is 0 Å². The molecule has 1 N–H and O–H groups in total. The van der Waals surface area contributed by atoms with E-state index in [2.05, 4.69) is 5.32 Å². The van der Waals surface area contributed by atoms with E-state index in [1.807, 2.05) is 0 Å². The van der Waals surface area contributed by atoms with Crippen molar-refractivity contribution in [2.75, 3.05) is 5.32 Å². The summed E-state index contributed by atoms with van der Waals surface area (Å²) < 4.78 is 9.94. The van der Waals surface area contributed by atoms with Crippen LogP contribution in [0.5, 0.6) is 0 Å². The monoisotopic (exact) mass is 331 g/mol. The topological polar surface area (TPSA) is 98.8 Å². The van der Waals surface area contributed by atoms with Crippen molar-refractivity contribution in [3.8, 4) is 0 Å². The first-order valence-electron chi connectivity index (χ1n) is 7.19. The number of ketones is 2. The van der Waals surface area contributed by atoms with Gasteiger partial charge in [0.25, 0.3) is 5.79 Å². The fraction of sp³-hybridized carbons (Fsp3) is 0.294. The van der Waals surface area contributed by atoms with Gasteiger partial charge in [-0.15, -0.1) is 0 Å². The summed E-state index contributed by atoms with van der Waals surface area (Å²) >= 11 is 0. The molecule has 0 unspecified atom stereocenters. The average molecular weight is 331 g/mol. The number of esters is 2. The van der Waals surface area contributed by atoms with E-state index in [1.165, 1.54) is 45.9 Å². The van der Waals surface area contributed by atoms with E-state index in [4.69, 9.17) is 9.47 Å². The number of ether oxygens (including phenoxy) is 2. The Hall–Kier alpha value is -2.96. The molecule has 0 aliphatic carbocycles. The van der Waals surface area contributed by atoms with Crippen LogP contribution in [0, 0.1) is 0 Å². The highest BCUT2D eigenvalue weighted by molar-refractivity contribution is 6.15. The number of carbonyl (C=O) groups excluding carboxylic acids is 4. The van der Waals surface area contributed by atoms with Gasteiger partial charge in [0, 0.05) is 36.9 Å². The first kappa shape index (κ1) is 17.4. The summed E-state index contributed by atoms with van der Waals surface area (Å²) in [5, 5.41) is 2.72. The third kappa shape index (κ3) is 3.87. The number of benzene rings is 1. The van der Waals surface area contributed by atoms with Gasteiger partial charge in [0.15, 0.2) is 17.1 Å². The molecular weight excluding hydrogens is 314 g/mol. The van der Waals surface area contributed by atoms with E-state index < -0.39 is 17.7 Å². The van der Waals surface area contributed by atoms with Crippen LogP contribution in [-0.2, 0) is 19.1 Å². The van der Waals surface area contributed by atoms with Gasteiger partial charge in [0.05, 0.1) is 0 Å². The molecule has 1 fully saturated rings. The molecular formula is C17H17NO6. The highest BCUT2D eigenvalue weighted by atomic mass is 16.7. The molecule has 0 bridgehead atoms. The van der Waals surface area contributed by atoms with Gasteiger partial charge in [0.1, 0.15) is 0 Å². The lowest BCUT2D eigenvalue weighted by atomic mass is 10.0. The van der Waals surface area contributed by atoms with Crippen molar-refractivity contribution in [1.82, 2.24) is 0 Å². The van der Waals surface area contributed by atoms with Gasteiger partial charge >= 0.3 is 11.9 Å². The molecule has 0 amide bonds. The second-order valence-electron chi connectivity index (χ2n) is 5.79. The van der Waals surface area contributed by atoms with Crippen molar-refractivity contribution in [1.29, 1.82) is 0 Å². The highest BCUT2D eigenvalue weighted by Crippen LogP contribution is 2.23. The van der Waals surface area contributed by atoms with Crippen molar-refractivity contribution in [3.05, 3.63) is 41.1 Å². The molecule has 7 nitrogen and oxygen atoms in total. The third-order valence-electron chi connectivity index (χ3n) is 3.25. The number of anilines is 1. The Morgan fingerprint density at radius 1 is 0.958 bits per heavy atom. The van der Waals surface area contributed by atoms with Crippen LogP contribution in [0.25, 0.3) is 0 Å². The highest BCUT2D eigenvalue weighted by Gasteiger charge is 2.38. The number of carbonyl (C=O) groups is 4. The molecule has 0 aromatic heterocycles. The van der Waals surface area contributed by atoms with Crippen LogP contribution >= 0.6 is 0 Å². The summed E-state index contributed by atoms with van der Waals surface area (Å²) in [5.74, 6) is -3.39. The molecule has 0 saturated carbocycles. The Bertz CT molecular complexity index is 721. The Labute approximate surface area is 138 Å². The minimum absolute atomic E-state index is 0.216. The second-order valence-corrected chi connectivity index (χ2v) is 5.79. The molecule has 24 heavy (non-hydrogen) atoms. The van der Waals surface area contributed by atoms with Crippen LogP contribution in [-0.4, -0.2) is 29.3 Å². The summed E-state index contributed by atoms with van der Waals surface area (Å²) in [5.41, 5.74) is 0.731. The molecule has 1 aromatic rings. The maximum absolute atomic E-state index is 11.9. The Kier molecular flexibility index (Phi) is 4.54. The number of rotatable bonds is 4. The van der Waals surface area contributed by atoms with Gasteiger partial charge in [-0.05, 0) is 32.0 Å². The Morgan fingerprint density at radius 3 is 1.83 bits per heavy atom. The molecule has 7 heteroatoms. The quantitative estimate of drug-likeness (QED) is 0.391. The van der Waals surface area contributed by atoms with E-state index in [-0.39, 0.29) is 17.1 Å². The Morgan fingerprint density at radius 2 is 1.42 bits per heavy atom. The van der Waals surface area contributed by atoms with E-state index in [9.17, 15) is 19.2 Å². The molecule has 126 valence electrons. The van der Waals surface area contributed by atoms with Crippen LogP contribution < -0.4 is 5.32 Å². The van der Waals surface area contributed by atoms with Gasteiger partial charge in [-0.3, -0.25) is 9.59 Å². The molecule has 1 aliphatic rings. The van der Waals surface area contributed by atoms with Crippen molar-refractivity contribution in [3.63, 3.8) is 0 Å². The van der Waals surface area contributed by atoms with E-state index in [0.29, 0.717) is 16.8 Å². The normalized spacial score (nSPS) is 16.1. The molecule has 2 rings (SSSR count). The number of nitrogens with one attached hydrogen (secondary N) is 1. The average Bonchev–Trinajstić information content (AvgIpc) is 2.44. The van der Waals surface area contributed by atoms with Crippen molar-refractivity contribution >= 4 is 29.2 Å². The minimum atomic E-state index is -1.32. The van der Waals surface area contributed by atoms with Gasteiger partial charge in [-0.1, -0.05) is 0 Å². The molecule has 0 atom stereocenters. The van der Waals surface area contributed by atoms with Gasteiger partial charge in [-0.2, -0.15) is 0 Å². The molecule has 1 aliphatic heterocycles. The maximum atomic E-state index is 11.9. The predicted molar refractivity (Wildman–Crippen MR) is 84.4 cm³/mol. The van der Waals surface area contributed by atoms with Crippen LogP contribution in [0.3, 0.4) is 0 Å². The Balaban J connectivity index is 2.31. The summed E-state index contributed by atoms with van der Waals surface area (Å²) in [6, 6.07) is 4.50. The third-order valence-corrected chi connectivity index (χ3v) is 3.25. The fourth-order valence-electron chi connectivity index (χ4n) is 2.05. The van der Waals surface area contributed by atoms with Crippen LogP contribution in [0.2, 0.25) is 0 Å². The van der Waals surface area contributed by atoms with E-state index in [0.717, 1.165) is 6.20 Å². The van der Waals surface area contributed by atoms with Gasteiger partial charge in [-0.25, -0.2) is 9.59 Å². The van der Waals surface area contributed by atoms with Gasteiger partial charge < -0.3 is 14.8 Å². The maximum Gasteiger partial charge on any atom is 0.350 e. The SMILES string of the molecule is CC(=O)c1cc(NC=C2C(=O)OC(C)(C)OC2=O)cc(C(C)=O)c1. The first-order valence-corrected chi connectivity index (χ1v) is 7.19. The second kappa shape index (κ2) is 6.27. The number of hydrogen-bond donors (Lipinski definition) is 1. The van der Waals surface area contributed by atoms with Gasteiger partial charge in [0.2, 0.25) is 0 Å². The lowest BCUT2D eigenvalue weighted by molar-refractivity contribution is -0.222. The smallest absolute Gasteiger partial charge is 0.350 e. The first-order chi connectivity index (χ1) is 11.1. The molecule has 1 heterocycles. The lowest BCUT2D eigenvalue weighted by Gasteiger charge is -2.29. The van der Waals surface area contributed by atoms with Crippen LogP contribution in [0.4, 0.5) is 5.69 Å². The molecule has 1 saturated heterocycles. The van der Waals surface area contributed by atoms with Crippen LogP contribution in [0.15, 0.2) is 30.0 Å². The summed E-state index contributed by atoms with van der Waals surface area (Å²) in [4.78, 5) is 46.8. The zero-order valence-corrected chi connectivity index (χ0v) is 13.8. The summed E-state index contributed by atoms with van der Waals surface area (Å²) in [6.07, 6.45) is 1.13. The predicted octanol–water partition coefficient (Wildman–Crippen LogP) is 2.22. The van der Waals surface area contributed by atoms with E-state index >= 15 is 0 Å². The zero-order chi connectivity index (χ0) is 18.1. The fourth-order valence-corrected chi connectivity index (χ4v) is 2.05. The minimum Gasteiger partial charge on any atom is -0.419 e. The molecule has 0 radical (unpaired) electrons. The molecule has 0 spiro atoms. The van der Waals surface area contributed by atoms with Crippen molar-refractivity contribution < 1.29 is 28.7 Å². The standard InChI is InChI=1S/C17H17NO6/c1-9(19)11-5-12(10(2)20)7-13(6-11)18-8-14-15(21)23-17(3,4)24-16(14)22/h5-8,18H,1-4H3. The van der Waals surface area contributed by atoms with Crippen LogP contribution in [0.1, 0.15) is 48.4 Å². The number of hydrogen-bond acceptors (Lipinski definition) is 7. The zero-order valence-electron chi connectivity index (χ0n) is 13.8. The summed E-state index contributed by atoms with van der Waals surface area (Å²) in [7, 11) is 0. The number of cyclic esters (lactones) is 2. The van der Waals surface area contributed by atoms with Crippen molar-refractivity contribution in [2.24, 2.45) is 0 Å². The lowest BCUT2D eigenvalue weighted by Crippen LogP contribution is -2.42. The largest absolute Gasteiger partial charge is 0.419 e. The summed E-state index contributed by atoms with van der Waals surface area (Å²) in [6.45, 7) is 5.64.